The highest BCUT2D eigenvalue weighted by Crippen LogP contribution is 2.23. The van der Waals surface area contributed by atoms with Crippen LogP contribution in [0.25, 0.3) is 0 Å². The van der Waals surface area contributed by atoms with Gasteiger partial charge in [-0.05, 0) is 24.6 Å². The Morgan fingerprint density at radius 1 is 1.39 bits per heavy atom. The third kappa shape index (κ3) is 4.49. The van der Waals surface area contributed by atoms with E-state index in [1.807, 2.05) is 28.1 Å². The smallest absolute Gasteiger partial charge is 0.425 e. The minimum Gasteiger partial charge on any atom is -0.437 e. The lowest BCUT2D eigenvalue weighted by molar-refractivity contribution is -0.873. The summed E-state index contributed by atoms with van der Waals surface area (Å²) in [6.45, 7) is 2.32. The highest BCUT2D eigenvalue weighted by Gasteiger charge is 2.41. The van der Waals surface area contributed by atoms with Crippen molar-refractivity contribution in [1.82, 2.24) is 4.31 Å². The number of benzene rings is 1. The lowest BCUT2D eigenvalue weighted by Crippen LogP contribution is -2.43. The fraction of sp³-hybridized carbons (Fsp3) is 0.500. The van der Waals surface area contributed by atoms with E-state index < -0.39 is 22.4 Å². The van der Waals surface area contributed by atoms with Crippen LogP contribution < -0.4 is 4.72 Å². The zero-order chi connectivity index (χ0) is 17.4. The minimum atomic E-state index is -4.04. The molecule has 1 saturated heterocycles. The zero-order valence-electron chi connectivity index (χ0n) is 13.5. The summed E-state index contributed by atoms with van der Waals surface area (Å²) >= 11 is 5.98. The number of carbonyl (C=O) groups excluding carboxylic acids is 1. The zero-order valence-corrected chi connectivity index (χ0v) is 15.1. The second kappa shape index (κ2) is 6.18. The Labute approximate surface area is 141 Å². The number of quaternary nitrogens is 1. The van der Waals surface area contributed by atoms with Crippen LogP contribution in [-0.2, 0) is 14.9 Å². The molecule has 1 N–H and O–H groups in total. The van der Waals surface area contributed by atoms with Gasteiger partial charge in [0.2, 0.25) is 0 Å². The van der Waals surface area contributed by atoms with Gasteiger partial charge in [0.15, 0.2) is 6.10 Å². The number of ether oxygens (including phenoxy) is 1. The van der Waals surface area contributed by atoms with E-state index in [0.29, 0.717) is 26.0 Å². The molecule has 0 bridgehead atoms. The predicted octanol–water partition coefficient (Wildman–Crippen LogP) is 1.83. The van der Waals surface area contributed by atoms with Crippen molar-refractivity contribution in [3.8, 4) is 0 Å². The molecule has 0 spiro atoms. The third-order valence-corrected chi connectivity index (χ3v) is 5.08. The van der Waals surface area contributed by atoms with Crippen molar-refractivity contribution in [2.45, 2.75) is 13.0 Å². The Morgan fingerprint density at radius 2 is 2.04 bits per heavy atom. The number of anilines is 1. The second-order valence-electron chi connectivity index (χ2n) is 6.58. The number of carbonyl (C=O) groups is 1. The fourth-order valence-corrected chi connectivity index (χ4v) is 3.58. The normalized spacial score (nSPS) is 18.9. The van der Waals surface area contributed by atoms with Crippen LogP contribution in [0.5, 0.6) is 0 Å². The molecule has 128 valence electrons. The number of halogens is 1. The Morgan fingerprint density at radius 3 is 2.61 bits per heavy atom. The third-order valence-electron chi connectivity index (χ3n) is 3.30. The van der Waals surface area contributed by atoms with Gasteiger partial charge in [0, 0.05) is 5.02 Å². The molecule has 1 fully saturated rings. The molecule has 0 aliphatic carbocycles. The van der Waals surface area contributed by atoms with Crippen molar-refractivity contribution in [1.29, 1.82) is 0 Å². The van der Waals surface area contributed by atoms with Crippen molar-refractivity contribution in [2.75, 3.05) is 39.0 Å². The number of nitrogens with zero attached hydrogens (tertiary/aromatic N) is 2. The molecule has 9 heteroatoms. The Balaban J connectivity index is 2.13. The lowest BCUT2D eigenvalue weighted by atomic mass is 10.2. The lowest BCUT2D eigenvalue weighted by Gasteiger charge is -2.25. The average molecular weight is 363 g/mol. The average Bonchev–Trinajstić information content (AvgIpc) is 2.73. The summed E-state index contributed by atoms with van der Waals surface area (Å²) in [5.74, 6) is 0. The molecule has 1 aliphatic rings. The van der Waals surface area contributed by atoms with E-state index in [1.165, 1.54) is 6.07 Å². The molecule has 1 atom stereocenters. The number of aryl methyl sites for hydroxylation is 1. The number of amides is 1. The number of hydrogen-bond acceptors (Lipinski definition) is 4. The molecule has 0 radical (unpaired) electrons. The molecule has 0 unspecified atom stereocenters. The fourth-order valence-electron chi connectivity index (χ4n) is 2.26. The Bertz CT molecular complexity index is 715. The van der Waals surface area contributed by atoms with E-state index >= 15 is 0 Å². The second-order valence-corrected chi connectivity index (χ2v) is 8.58. The Kier molecular flexibility index (Phi) is 4.79. The van der Waals surface area contributed by atoms with E-state index in [2.05, 4.69) is 4.72 Å². The van der Waals surface area contributed by atoms with Crippen molar-refractivity contribution in [2.24, 2.45) is 0 Å². The molecule has 0 aromatic heterocycles. The first-order chi connectivity index (χ1) is 10.5. The summed E-state index contributed by atoms with van der Waals surface area (Å²) in [7, 11) is 1.79. The first kappa shape index (κ1) is 17.8. The van der Waals surface area contributed by atoms with Crippen molar-refractivity contribution in [3.05, 3.63) is 28.8 Å². The number of rotatable bonds is 5. The van der Waals surface area contributed by atoms with E-state index in [0.717, 1.165) is 5.56 Å². The molecule has 7 nitrogen and oxygen atoms in total. The summed E-state index contributed by atoms with van der Waals surface area (Å²) in [6, 6.07) is 4.78. The minimum absolute atomic E-state index is 0.0106. The summed E-state index contributed by atoms with van der Waals surface area (Å²) in [5.41, 5.74) is 1.13. The van der Waals surface area contributed by atoms with Gasteiger partial charge in [-0.15, -0.1) is 0 Å². The molecule has 0 saturated carbocycles. The molecule has 1 aromatic carbocycles. The van der Waals surface area contributed by atoms with Gasteiger partial charge in [0.05, 0.1) is 33.4 Å². The molecule has 1 heterocycles. The quantitative estimate of drug-likeness (QED) is 0.811. The topological polar surface area (TPSA) is 75.7 Å². The van der Waals surface area contributed by atoms with Crippen LogP contribution in [0.1, 0.15) is 5.56 Å². The first-order valence-corrected chi connectivity index (χ1v) is 8.87. The molecule has 1 aliphatic heterocycles. The van der Waals surface area contributed by atoms with Gasteiger partial charge >= 0.3 is 16.3 Å². The maximum atomic E-state index is 12.4. The molecule has 23 heavy (non-hydrogen) atoms. The predicted molar refractivity (Wildman–Crippen MR) is 88.6 cm³/mol. The van der Waals surface area contributed by atoms with Gasteiger partial charge in [-0.1, -0.05) is 17.7 Å². The van der Waals surface area contributed by atoms with Gasteiger partial charge in [0.1, 0.15) is 6.54 Å². The first-order valence-electron chi connectivity index (χ1n) is 7.06. The molecule has 2 rings (SSSR count). The molecule has 1 aromatic rings. The van der Waals surface area contributed by atoms with Crippen LogP contribution in [0.2, 0.25) is 5.02 Å². The maximum absolute atomic E-state index is 12.4. The van der Waals surface area contributed by atoms with Gasteiger partial charge in [-0.2, -0.15) is 12.7 Å². The summed E-state index contributed by atoms with van der Waals surface area (Å²) in [5, 5.41) is 0.442. The molecular formula is C14H21ClN3O4S+. The van der Waals surface area contributed by atoms with E-state index in [1.54, 1.807) is 12.1 Å². The van der Waals surface area contributed by atoms with Gasteiger partial charge < -0.3 is 9.22 Å². The van der Waals surface area contributed by atoms with Crippen molar-refractivity contribution >= 4 is 33.6 Å². The largest absolute Gasteiger partial charge is 0.437 e. The monoisotopic (exact) mass is 362 g/mol. The van der Waals surface area contributed by atoms with Gasteiger partial charge in [0.25, 0.3) is 0 Å². The van der Waals surface area contributed by atoms with Crippen LogP contribution >= 0.6 is 11.6 Å². The van der Waals surface area contributed by atoms with Crippen molar-refractivity contribution < 1.29 is 22.4 Å². The number of likely N-dealkylation sites (N-methyl/N-ethyl adjacent to an activating group) is 1. The van der Waals surface area contributed by atoms with Crippen LogP contribution in [-0.4, -0.2) is 63.6 Å². The SMILES string of the molecule is Cc1ccc(NS(=O)(=O)N2C[C@H](C[N+](C)(C)C)OC2=O)cc1Cl. The molecule has 1 amide bonds. The summed E-state index contributed by atoms with van der Waals surface area (Å²) < 4.78 is 33.5. The van der Waals surface area contributed by atoms with Crippen LogP contribution in [0.3, 0.4) is 0 Å². The van der Waals surface area contributed by atoms with Crippen molar-refractivity contribution in [3.63, 3.8) is 0 Å². The van der Waals surface area contributed by atoms with Gasteiger partial charge in [-0.3, -0.25) is 4.72 Å². The van der Waals surface area contributed by atoms with E-state index in [9.17, 15) is 13.2 Å². The van der Waals surface area contributed by atoms with E-state index in [4.69, 9.17) is 16.3 Å². The highest BCUT2D eigenvalue weighted by atomic mass is 35.5. The standard InChI is InChI=1S/C14H21ClN3O4S/c1-10-5-6-11(7-13(10)15)16-23(20,21)17-8-12(22-14(17)19)9-18(2,3)4/h5-7,12,16H,8-9H2,1-4H3/q+1/t12-/m1/s1. The summed E-state index contributed by atoms with van der Waals surface area (Å²) in [6.07, 6.45) is -1.34. The summed E-state index contributed by atoms with van der Waals surface area (Å²) in [4.78, 5) is 11.9. The van der Waals surface area contributed by atoms with Crippen LogP contribution in [0.15, 0.2) is 18.2 Å². The van der Waals surface area contributed by atoms with Gasteiger partial charge in [-0.25, -0.2) is 4.79 Å². The number of hydrogen-bond donors (Lipinski definition) is 1. The van der Waals surface area contributed by atoms with E-state index in [-0.39, 0.29) is 6.54 Å². The molecular weight excluding hydrogens is 342 g/mol. The Hall–Kier alpha value is -1.51. The number of cyclic esters (lactones) is 1. The van der Waals surface area contributed by atoms with Crippen LogP contribution in [0, 0.1) is 6.92 Å². The maximum Gasteiger partial charge on any atom is 0.425 e. The highest BCUT2D eigenvalue weighted by molar-refractivity contribution is 7.90. The van der Waals surface area contributed by atoms with Crippen LogP contribution in [0.4, 0.5) is 10.5 Å². The number of nitrogens with one attached hydrogen (secondary N) is 1.